The van der Waals surface area contributed by atoms with E-state index in [-0.39, 0.29) is 22.7 Å². The third-order valence-corrected chi connectivity index (χ3v) is 5.07. The topological polar surface area (TPSA) is 81.4 Å². The molecule has 7 heteroatoms. The van der Waals surface area contributed by atoms with Gasteiger partial charge >= 0.3 is 0 Å². The molecule has 1 saturated heterocycles. The number of hydrogen-bond acceptors (Lipinski definition) is 4. The molecular formula is C13H19FN2O3S. The Balaban J connectivity index is 2.22. The van der Waals surface area contributed by atoms with E-state index in [0.717, 1.165) is 18.9 Å². The Labute approximate surface area is 118 Å². The number of halogens is 1. The van der Waals surface area contributed by atoms with Crippen molar-refractivity contribution < 1.29 is 17.5 Å². The SMILES string of the molecule is Cc1c(F)cc(N)cc1S(=O)(=O)NCC1(C)CCCO1. The molecule has 1 aliphatic rings. The highest BCUT2D eigenvalue weighted by Gasteiger charge is 2.32. The molecule has 0 spiro atoms. The van der Waals surface area contributed by atoms with Gasteiger partial charge in [-0.05, 0) is 38.8 Å². The van der Waals surface area contributed by atoms with Crippen molar-refractivity contribution in [1.29, 1.82) is 0 Å². The highest BCUT2D eigenvalue weighted by atomic mass is 32.2. The minimum Gasteiger partial charge on any atom is -0.399 e. The molecule has 0 aromatic heterocycles. The quantitative estimate of drug-likeness (QED) is 0.827. The fourth-order valence-corrected chi connectivity index (χ4v) is 3.70. The van der Waals surface area contributed by atoms with Crippen LogP contribution >= 0.6 is 0 Å². The van der Waals surface area contributed by atoms with Crippen molar-refractivity contribution in [2.45, 2.75) is 37.2 Å². The van der Waals surface area contributed by atoms with Crippen LogP contribution in [0.2, 0.25) is 0 Å². The molecule has 20 heavy (non-hydrogen) atoms. The van der Waals surface area contributed by atoms with E-state index in [1.807, 2.05) is 6.92 Å². The molecule has 0 aliphatic carbocycles. The molecule has 1 heterocycles. The van der Waals surface area contributed by atoms with Gasteiger partial charge in [0.15, 0.2) is 0 Å². The van der Waals surface area contributed by atoms with Gasteiger partial charge in [-0.3, -0.25) is 0 Å². The number of ether oxygens (including phenoxy) is 1. The molecule has 2 rings (SSSR count). The Morgan fingerprint density at radius 3 is 2.80 bits per heavy atom. The van der Waals surface area contributed by atoms with Crippen molar-refractivity contribution in [3.05, 3.63) is 23.5 Å². The van der Waals surface area contributed by atoms with Crippen molar-refractivity contribution in [2.24, 2.45) is 0 Å². The maximum absolute atomic E-state index is 13.6. The number of nitrogens with two attached hydrogens (primary N) is 1. The Kier molecular flexibility index (Phi) is 4.04. The molecule has 112 valence electrons. The lowest BCUT2D eigenvalue weighted by Crippen LogP contribution is -2.40. The number of nitrogens with one attached hydrogen (secondary N) is 1. The van der Waals surface area contributed by atoms with Crippen LogP contribution in [0.25, 0.3) is 0 Å². The van der Waals surface area contributed by atoms with Gasteiger partial charge < -0.3 is 10.5 Å². The summed E-state index contributed by atoms with van der Waals surface area (Å²) < 4.78 is 46.1. The van der Waals surface area contributed by atoms with E-state index in [0.29, 0.717) is 6.61 Å². The van der Waals surface area contributed by atoms with Gasteiger partial charge in [-0.2, -0.15) is 0 Å². The third-order valence-electron chi connectivity index (χ3n) is 3.55. The summed E-state index contributed by atoms with van der Waals surface area (Å²) in [5.41, 5.74) is 5.15. The molecule has 5 nitrogen and oxygen atoms in total. The van der Waals surface area contributed by atoms with Crippen LogP contribution in [0.15, 0.2) is 17.0 Å². The van der Waals surface area contributed by atoms with Crippen LogP contribution in [0.1, 0.15) is 25.3 Å². The second-order valence-electron chi connectivity index (χ2n) is 5.35. The molecular weight excluding hydrogens is 283 g/mol. The van der Waals surface area contributed by atoms with Gasteiger partial charge in [0, 0.05) is 24.4 Å². The normalized spacial score (nSPS) is 23.1. The van der Waals surface area contributed by atoms with Crippen LogP contribution in [0.5, 0.6) is 0 Å². The van der Waals surface area contributed by atoms with Crippen molar-refractivity contribution in [3.8, 4) is 0 Å². The van der Waals surface area contributed by atoms with Gasteiger partial charge in [0.1, 0.15) is 5.82 Å². The molecule has 1 atom stereocenters. The standard InChI is InChI=1S/C13H19FN2O3S/c1-9-11(14)6-10(15)7-12(9)20(17,18)16-8-13(2)4-3-5-19-13/h6-7,16H,3-5,8,15H2,1-2H3. The predicted molar refractivity (Wildman–Crippen MR) is 74.3 cm³/mol. The molecule has 0 radical (unpaired) electrons. The zero-order chi connectivity index (χ0) is 15.0. The summed E-state index contributed by atoms with van der Waals surface area (Å²) in [4.78, 5) is -0.128. The van der Waals surface area contributed by atoms with E-state index in [1.54, 1.807) is 0 Å². The second-order valence-corrected chi connectivity index (χ2v) is 7.09. The average molecular weight is 302 g/mol. The predicted octanol–water partition coefficient (Wildman–Crippen LogP) is 1.56. The first-order chi connectivity index (χ1) is 9.23. The molecule has 0 amide bonds. The molecule has 1 unspecified atom stereocenters. The van der Waals surface area contributed by atoms with Crippen LogP contribution in [0.4, 0.5) is 10.1 Å². The van der Waals surface area contributed by atoms with Crippen molar-refractivity contribution in [3.63, 3.8) is 0 Å². The van der Waals surface area contributed by atoms with Crippen LogP contribution in [-0.2, 0) is 14.8 Å². The largest absolute Gasteiger partial charge is 0.399 e. The highest BCUT2D eigenvalue weighted by Crippen LogP contribution is 2.26. The van der Waals surface area contributed by atoms with E-state index >= 15 is 0 Å². The van der Waals surface area contributed by atoms with E-state index in [2.05, 4.69) is 4.72 Å². The lowest BCUT2D eigenvalue weighted by atomic mass is 10.0. The maximum atomic E-state index is 13.6. The smallest absolute Gasteiger partial charge is 0.241 e. The molecule has 0 bridgehead atoms. The van der Waals surface area contributed by atoms with Gasteiger partial charge in [-0.1, -0.05) is 0 Å². The summed E-state index contributed by atoms with van der Waals surface area (Å²) in [5, 5.41) is 0. The number of sulfonamides is 1. The van der Waals surface area contributed by atoms with E-state index in [1.165, 1.54) is 13.0 Å². The van der Waals surface area contributed by atoms with Crippen molar-refractivity contribution in [1.82, 2.24) is 4.72 Å². The fraction of sp³-hybridized carbons (Fsp3) is 0.538. The summed E-state index contributed by atoms with van der Waals surface area (Å²) in [6, 6.07) is 2.37. The first-order valence-electron chi connectivity index (χ1n) is 6.43. The number of rotatable bonds is 4. The second kappa shape index (κ2) is 5.31. The van der Waals surface area contributed by atoms with Crippen LogP contribution < -0.4 is 10.5 Å². The lowest BCUT2D eigenvalue weighted by molar-refractivity contribution is 0.0250. The van der Waals surface area contributed by atoms with Crippen LogP contribution in [-0.4, -0.2) is 27.2 Å². The molecule has 0 saturated carbocycles. The van der Waals surface area contributed by atoms with E-state index in [4.69, 9.17) is 10.5 Å². The Hall–Kier alpha value is -1.18. The molecule has 1 fully saturated rings. The highest BCUT2D eigenvalue weighted by molar-refractivity contribution is 7.89. The van der Waals surface area contributed by atoms with Crippen LogP contribution in [0, 0.1) is 12.7 Å². The minimum atomic E-state index is -3.81. The van der Waals surface area contributed by atoms with Crippen molar-refractivity contribution >= 4 is 15.7 Å². The lowest BCUT2D eigenvalue weighted by Gasteiger charge is -2.23. The first-order valence-corrected chi connectivity index (χ1v) is 7.91. The number of hydrogen-bond donors (Lipinski definition) is 2. The van der Waals surface area contributed by atoms with Gasteiger partial charge in [0.2, 0.25) is 10.0 Å². The number of nitrogen functional groups attached to an aromatic ring is 1. The van der Waals surface area contributed by atoms with E-state index < -0.39 is 21.4 Å². The summed E-state index contributed by atoms with van der Waals surface area (Å²) in [7, 11) is -3.81. The van der Waals surface area contributed by atoms with Gasteiger partial charge in [-0.25, -0.2) is 17.5 Å². The average Bonchev–Trinajstić information content (AvgIpc) is 2.79. The van der Waals surface area contributed by atoms with Crippen LogP contribution in [0.3, 0.4) is 0 Å². The Morgan fingerprint density at radius 1 is 1.50 bits per heavy atom. The zero-order valence-corrected chi connectivity index (χ0v) is 12.4. The van der Waals surface area contributed by atoms with Crippen molar-refractivity contribution in [2.75, 3.05) is 18.9 Å². The summed E-state index contributed by atoms with van der Waals surface area (Å²) in [5.74, 6) is -0.631. The Bertz CT molecular complexity index is 610. The molecule has 1 aromatic rings. The number of anilines is 1. The van der Waals surface area contributed by atoms with Gasteiger partial charge in [0.25, 0.3) is 0 Å². The minimum absolute atomic E-state index is 0.0594. The number of benzene rings is 1. The fourth-order valence-electron chi connectivity index (χ4n) is 2.25. The van der Waals surface area contributed by atoms with Gasteiger partial charge in [0.05, 0.1) is 10.5 Å². The molecule has 1 aromatic carbocycles. The third kappa shape index (κ3) is 3.11. The monoisotopic (exact) mass is 302 g/mol. The molecule has 3 N–H and O–H groups in total. The maximum Gasteiger partial charge on any atom is 0.241 e. The summed E-state index contributed by atoms with van der Waals surface area (Å²) in [6.45, 7) is 4.06. The summed E-state index contributed by atoms with van der Waals surface area (Å²) >= 11 is 0. The Morgan fingerprint density at radius 2 is 2.20 bits per heavy atom. The summed E-state index contributed by atoms with van der Waals surface area (Å²) in [6.07, 6.45) is 1.70. The van der Waals surface area contributed by atoms with Gasteiger partial charge in [-0.15, -0.1) is 0 Å². The molecule has 1 aliphatic heterocycles. The first kappa shape index (κ1) is 15.2. The van der Waals surface area contributed by atoms with E-state index in [9.17, 15) is 12.8 Å². The zero-order valence-electron chi connectivity index (χ0n) is 11.6.